The number of amides is 1. The molecule has 1 aliphatic rings. The predicted molar refractivity (Wildman–Crippen MR) is 102 cm³/mol. The maximum Gasteiger partial charge on any atom is 0.248 e. The van der Waals surface area contributed by atoms with Gasteiger partial charge >= 0.3 is 0 Å². The highest BCUT2D eigenvalue weighted by Crippen LogP contribution is 2.36. The van der Waals surface area contributed by atoms with Crippen molar-refractivity contribution in [3.05, 3.63) is 36.5 Å². The van der Waals surface area contributed by atoms with E-state index in [1.54, 1.807) is 24.7 Å². The number of carbonyl (C=O) groups excluding carboxylic acids is 1. The molecule has 1 saturated carbocycles. The van der Waals surface area contributed by atoms with Gasteiger partial charge in [-0.3, -0.25) is 9.78 Å². The van der Waals surface area contributed by atoms with Gasteiger partial charge in [-0.1, -0.05) is 0 Å². The zero-order chi connectivity index (χ0) is 19.9. The van der Waals surface area contributed by atoms with E-state index in [1.807, 2.05) is 24.6 Å². The van der Waals surface area contributed by atoms with Crippen LogP contribution in [0, 0.1) is 12.8 Å². The van der Waals surface area contributed by atoms with E-state index in [4.69, 9.17) is 0 Å². The van der Waals surface area contributed by atoms with Gasteiger partial charge in [-0.2, -0.15) is 0 Å². The van der Waals surface area contributed by atoms with Crippen LogP contribution in [-0.4, -0.2) is 31.3 Å². The lowest BCUT2D eigenvalue weighted by molar-refractivity contribution is -0.124. The number of aromatic nitrogens is 4. The lowest BCUT2D eigenvalue weighted by Crippen LogP contribution is -2.32. The molecule has 0 spiro atoms. The minimum Gasteiger partial charge on any atom is -0.330 e. The number of pyridine rings is 2. The summed E-state index contributed by atoms with van der Waals surface area (Å²) in [6.07, 6.45) is 5.05. The van der Waals surface area contributed by atoms with Crippen molar-refractivity contribution in [1.29, 1.82) is 0 Å². The molecule has 1 aliphatic carbocycles. The Hall–Kier alpha value is -2.90. The number of nitrogens with one attached hydrogen (secondary N) is 1. The summed E-state index contributed by atoms with van der Waals surface area (Å²) >= 11 is 0. The number of nitrogens with zero attached hydrogens (tertiary/aromatic N) is 4. The Kier molecular flexibility index (Phi) is 4.56. The van der Waals surface area contributed by atoms with Crippen molar-refractivity contribution in [2.75, 3.05) is 5.32 Å². The predicted octanol–water partition coefficient (Wildman–Crippen LogP) is 4.10. The Bertz CT molecular complexity index is 1040. The zero-order valence-corrected chi connectivity index (χ0v) is 15.7. The van der Waals surface area contributed by atoms with Crippen LogP contribution in [0.1, 0.15) is 31.5 Å². The average Bonchev–Trinajstić information content (AvgIpc) is 3.00. The van der Waals surface area contributed by atoms with Crippen LogP contribution in [0.25, 0.3) is 22.2 Å². The van der Waals surface area contributed by atoms with Crippen molar-refractivity contribution in [1.82, 2.24) is 19.5 Å². The van der Waals surface area contributed by atoms with Gasteiger partial charge in [0.05, 0.1) is 17.6 Å². The fraction of sp³-hybridized carbons (Fsp3) is 0.400. The van der Waals surface area contributed by atoms with Crippen LogP contribution in [0.4, 0.5) is 14.6 Å². The molecule has 1 fully saturated rings. The van der Waals surface area contributed by atoms with E-state index in [0.717, 1.165) is 28.0 Å². The summed E-state index contributed by atoms with van der Waals surface area (Å²) < 4.78 is 28.5. The Morgan fingerprint density at radius 2 is 1.82 bits per heavy atom. The molecule has 0 unspecified atom stereocenters. The maximum atomic E-state index is 13.3. The number of fused-ring (bicyclic) bond motifs is 1. The van der Waals surface area contributed by atoms with Crippen LogP contribution in [-0.2, 0) is 11.8 Å². The minimum atomic E-state index is -2.65. The SMILES string of the molecule is Cc1ncc(-c2cc3cc(NC(=O)C4CCC(F)(F)CC4)ncc3cn2)n1C. The van der Waals surface area contributed by atoms with Crippen molar-refractivity contribution in [3.63, 3.8) is 0 Å². The van der Waals surface area contributed by atoms with Crippen molar-refractivity contribution in [2.45, 2.75) is 38.5 Å². The van der Waals surface area contributed by atoms with Gasteiger partial charge in [0.1, 0.15) is 11.6 Å². The van der Waals surface area contributed by atoms with Crippen molar-refractivity contribution >= 4 is 22.5 Å². The van der Waals surface area contributed by atoms with Crippen LogP contribution in [0.2, 0.25) is 0 Å². The summed E-state index contributed by atoms with van der Waals surface area (Å²) in [7, 11) is 1.93. The molecule has 0 bridgehead atoms. The number of aryl methyl sites for hydroxylation is 1. The molecule has 28 heavy (non-hydrogen) atoms. The number of halogens is 2. The molecular formula is C20H21F2N5O. The van der Waals surface area contributed by atoms with Gasteiger partial charge in [0.25, 0.3) is 0 Å². The van der Waals surface area contributed by atoms with Gasteiger partial charge in [0.15, 0.2) is 0 Å². The second-order valence-corrected chi connectivity index (χ2v) is 7.36. The summed E-state index contributed by atoms with van der Waals surface area (Å²) in [4.78, 5) is 25.4. The molecule has 0 atom stereocenters. The Morgan fingerprint density at radius 1 is 1.11 bits per heavy atom. The van der Waals surface area contributed by atoms with Crippen LogP contribution in [0.5, 0.6) is 0 Å². The fourth-order valence-corrected chi connectivity index (χ4v) is 3.52. The lowest BCUT2D eigenvalue weighted by atomic mass is 9.86. The number of anilines is 1. The summed E-state index contributed by atoms with van der Waals surface area (Å²) in [6, 6.07) is 3.70. The number of alkyl halides is 2. The molecule has 0 saturated heterocycles. The standard InChI is InChI=1S/C20H21F2N5O/c1-12-23-11-17(27(12)2)16-7-14-8-18(25-10-15(14)9-24-16)26-19(28)13-3-5-20(21,22)6-4-13/h7-11,13H,3-6H2,1-2H3,(H,25,26,28). The molecule has 4 rings (SSSR count). The third-order valence-electron chi connectivity index (χ3n) is 5.43. The van der Waals surface area contributed by atoms with Gasteiger partial charge in [-0.05, 0) is 37.3 Å². The number of carbonyl (C=O) groups is 1. The molecule has 8 heteroatoms. The summed E-state index contributed by atoms with van der Waals surface area (Å²) in [6.45, 7) is 1.92. The average molecular weight is 385 g/mol. The number of imidazole rings is 1. The van der Waals surface area contributed by atoms with Gasteiger partial charge < -0.3 is 9.88 Å². The molecule has 1 amide bonds. The van der Waals surface area contributed by atoms with Crippen molar-refractivity contribution in [3.8, 4) is 11.4 Å². The topological polar surface area (TPSA) is 72.7 Å². The second kappa shape index (κ2) is 6.92. The molecular weight excluding hydrogens is 364 g/mol. The minimum absolute atomic E-state index is 0.195. The maximum absolute atomic E-state index is 13.3. The largest absolute Gasteiger partial charge is 0.330 e. The third-order valence-corrected chi connectivity index (χ3v) is 5.43. The molecule has 1 N–H and O–H groups in total. The van der Waals surface area contributed by atoms with Crippen LogP contribution < -0.4 is 5.32 Å². The lowest BCUT2D eigenvalue weighted by Gasteiger charge is -2.27. The molecule has 3 heterocycles. The van der Waals surface area contributed by atoms with E-state index in [2.05, 4.69) is 20.3 Å². The monoisotopic (exact) mass is 385 g/mol. The van der Waals surface area contributed by atoms with Gasteiger partial charge in [0, 0.05) is 43.6 Å². The van der Waals surface area contributed by atoms with E-state index in [1.165, 1.54) is 0 Å². The zero-order valence-electron chi connectivity index (χ0n) is 15.7. The fourth-order valence-electron chi connectivity index (χ4n) is 3.52. The van der Waals surface area contributed by atoms with E-state index in [0.29, 0.717) is 5.82 Å². The first kappa shape index (κ1) is 18.5. The summed E-state index contributed by atoms with van der Waals surface area (Å²) in [5, 5.41) is 4.50. The van der Waals surface area contributed by atoms with E-state index < -0.39 is 11.8 Å². The molecule has 3 aromatic rings. The molecule has 0 aliphatic heterocycles. The van der Waals surface area contributed by atoms with Crippen LogP contribution in [0.3, 0.4) is 0 Å². The Morgan fingerprint density at radius 3 is 2.50 bits per heavy atom. The first-order valence-corrected chi connectivity index (χ1v) is 9.25. The van der Waals surface area contributed by atoms with E-state index in [9.17, 15) is 13.6 Å². The molecule has 146 valence electrons. The first-order chi connectivity index (χ1) is 13.3. The first-order valence-electron chi connectivity index (χ1n) is 9.25. The second-order valence-electron chi connectivity index (χ2n) is 7.36. The molecule has 3 aromatic heterocycles. The van der Waals surface area contributed by atoms with Crippen LogP contribution in [0.15, 0.2) is 30.7 Å². The normalized spacial score (nSPS) is 17.0. The highest BCUT2D eigenvalue weighted by Gasteiger charge is 2.37. The van der Waals surface area contributed by atoms with Crippen molar-refractivity contribution < 1.29 is 13.6 Å². The van der Waals surface area contributed by atoms with Crippen molar-refractivity contribution in [2.24, 2.45) is 13.0 Å². The molecule has 0 aromatic carbocycles. The Balaban J connectivity index is 1.55. The Labute approximate surface area is 161 Å². The quantitative estimate of drug-likeness (QED) is 0.737. The molecule has 0 radical (unpaired) electrons. The number of rotatable bonds is 3. The van der Waals surface area contributed by atoms with E-state index in [-0.39, 0.29) is 31.6 Å². The third kappa shape index (κ3) is 3.58. The molecule has 6 nitrogen and oxygen atoms in total. The summed E-state index contributed by atoms with van der Waals surface area (Å²) in [5.41, 5.74) is 1.67. The van der Waals surface area contributed by atoms with Gasteiger partial charge in [-0.15, -0.1) is 0 Å². The van der Waals surface area contributed by atoms with Crippen LogP contribution >= 0.6 is 0 Å². The van der Waals surface area contributed by atoms with Gasteiger partial charge in [0.2, 0.25) is 11.8 Å². The van der Waals surface area contributed by atoms with Gasteiger partial charge in [-0.25, -0.2) is 18.7 Å². The highest BCUT2D eigenvalue weighted by atomic mass is 19.3. The number of hydrogen-bond donors (Lipinski definition) is 1. The smallest absolute Gasteiger partial charge is 0.248 e. The summed E-state index contributed by atoms with van der Waals surface area (Å²) in [5.74, 6) is -2.00. The van der Waals surface area contributed by atoms with E-state index >= 15 is 0 Å². The number of hydrogen-bond acceptors (Lipinski definition) is 4. The highest BCUT2D eigenvalue weighted by molar-refractivity contribution is 5.94.